The van der Waals surface area contributed by atoms with Crippen molar-refractivity contribution < 1.29 is 23.1 Å². The number of rotatable bonds is 5. The molecule has 7 heteroatoms. The van der Waals surface area contributed by atoms with E-state index in [1.807, 2.05) is 0 Å². The van der Waals surface area contributed by atoms with Crippen molar-refractivity contribution in [2.24, 2.45) is 0 Å². The molecule has 0 aromatic carbocycles. The molecule has 18 heavy (non-hydrogen) atoms. The minimum atomic E-state index is -4.17. The van der Waals surface area contributed by atoms with Crippen LogP contribution < -0.4 is 5.32 Å². The predicted octanol–water partition coefficient (Wildman–Crippen LogP) is 1.47. The van der Waals surface area contributed by atoms with Crippen LogP contribution in [0.15, 0.2) is 0 Å². The fourth-order valence-electron chi connectivity index (χ4n) is 2.41. The maximum absolute atomic E-state index is 12.1. The van der Waals surface area contributed by atoms with Crippen molar-refractivity contribution in [3.8, 4) is 0 Å². The molecule has 0 amide bonds. The zero-order valence-electron chi connectivity index (χ0n) is 10.5. The Hall–Kier alpha value is -0.820. The van der Waals surface area contributed by atoms with E-state index in [2.05, 4.69) is 5.32 Å². The quantitative estimate of drug-likeness (QED) is 0.792. The molecule has 1 rings (SSSR count). The summed E-state index contributed by atoms with van der Waals surface area (Å²) < 4.78 is 36.3. The monoisotopic (exact) mass is 268 g/mol. The number of hydrogen-bond acceptors (Lipinski definition) is 3. The van der Waals surface area contributed by atoms with Gasteiger partial charge in [-0.05, 0) is 33.4 Å². The highest BCUT2D eigenvalue weighted by Gasteiger charge is 2.45. The highest BCUT2D eigenvalue weighted by atomic mass is 19.4. The molecule has 4 nitrogen and oxygen atoms in total. The molecule has 0 spiro atoms. The number of carboxylic acids is 1. The first kappa shape index (κ1) is 15.2. The summed E-state index contributed by atoms with van der Waals surface area (Å²) in [5.41, 5.74) is -0.989. The van der Waals surface area contributed by atoms with Gasteiger partial charge in [-0.2, -0.15) is 13.2 Å². The predicted molar refractivity (Wildman–Crippen MR) is 60.4 cm³/mol. The summed E-state index contributed by atoms with van der Waals surface area (Å²) in [5, 5.41) is 11.9. The second-order valence-electron chi connectivity index (χ2n) is 4.88. The average molecular weight is 268 g/mol. The van der Waals surface area contributed by atoms with Crippen molar-refractivity contribution in [3.63, 3.8) is 0 Å². The van der Waals surface area contributed by atoms with Crippen molar-refractivity contribution >= 4 is 5.97 Å². The molecular weight excluding hydrogens is 249 g/mol. The van der Waals surface area contributed by atoms with Crippen LogP contribution in [0.2, 0.25) is 0 Å². The smallest absolute Gasteiger partial charge is 0.390 e. The Balaban J connectivity index is 2.53. The van der Waals surface area contributed by atoms with E-state index in [0.717, 1.165) is 0 Å². The fourth-order valence-corrected chi connectivity index (χ4v) is 2.41. The molecule has 1 saturated carbocycles. The third-order valence-electron chi connectivity index (χ3n) is 3.75. The molecule has 106 valence electrons. The number of carbonyl (C=O) groups is 1. The summed E-state index contributed by atoms with van der Waals surface area (Å²) in [5.74, 6) is -0.934. The van der Waals surface area contributed by atoms with Crippen LogP contribution in [0.25, 0.3) is 0 Å². The van der Waals surface area contributed by atoms with Gasteiger partial charge in [-0.1, -0.05) is 0 Å². The number of alkyl halides is 3. The lowest BCUT2D eigenvalue weighted by molar-refractivity contribution is -0.145. The third-order valence-corrected chi connectivity index (χ3v) is 3.75. The molecule has 0 aromatic heterocycles. The van der Waals surface area contributed by atoms with Crippen molar-refractivity contribution in [2.45, 2.75) is 43.4 Å². The SMILES string of the molecule is CNC1(C(=O)O)CCC(N(C)CCC(F)(F)F)C1. The molecule has 1 aliphatic carbocycles. The van der Waals surface area contributed by atoms with Gasteiger partial charge in [0.2, 0.25) is 0 Å². The van der Waals surface area contributed by atoms with Crippen LogP contribution >= 0.6 is 0 Å². The van der Waals surface area contributed by atoms with Crippen molar-refractivity contribution in [3.05, 3.63) is 0 Å². The minimum absolute atomic E-state index is 0.0897. The van der Waals surface area contributed by atoms with Crippen LogP contribution in [0, 0.1) is 0 Å². The number of halogens is 3. The summed E-state index contributed by atoms with van der Waals surface area (Å²) in [6.07, 6.45) is -3.64. The molecule has 1 aliphatic rings. The van der Waals surface area contributed by atoms with E-state index in [1.165, 1.54) is 0 Å². The maximum atomic E-state index is 12.1. The highest BCUT2D eigenvalue weighted by molar-refractivity contribution is 5.79. The lowest BCUT2D eigenvalue weighted by atomic mass is 9.98. The molecule has 2 atom stereocenters. The second kappa shape index (κ2) is 5.44. The maximum Gasteiger partial charge on any atom is 0.390 e. The molecule has 0 heterocycles. The van der Waals surface area contributed by atoms with Crippen molar-refractivity contribution in [2.75, 3.05) is 20.6 Å². The Bertz CT molecular complexity index is 309. The van der Waals surface area contributed by atoms with Gasteiger partial charge in [0.05, 0.1) is 6.42 Å². The van der Waals surface area contributed by atoms with Crippen LogP contribution in [-0.2, 0) is 4.79 Å². The minimum Gasteiger partial charge on any atom is -0.480 e. The molecule has 2 unspecified atom stereocenters. The Morgan fingerprint density at radius 2 is 2.17 bits per heavy atom. The van der Waals surface area contributed by atoms with E-state index in [9.17, 15) is 18.0 Å². The zero-order valence-corrected chi connectivity index (χ0v) is 10.5. The molecular formula is C11H19F3N2O2. The van der Waals surface area contributed by atoms with E-state index >= 15 is 0 Å². The number of nitrogens with zero attached hydrogens (tertiary/aromatic N) is 1. The van der Waals surface area contributed by atoms with Crippen LogP contribution in [0.5, 0.6) is 0 Å². The second-order valence-corrected chi connectivity index (χ2v) is 4.88. The van der Waals surface area contributed by atoms with Gasteiger partial charge >= 0.3 is 12.1 Å². The van der Waals surface area contributed by atoms with Gasteiger partial charge < -0.3 is 15.3 Å². The summed E-state index contributed by atoms with van der Waals surface area (Å²) in [6.45, 7) is -0.0897. The first-order valence-electron chi connectivity index (χ1n) is 5.89. The summed E-state index contributed by atoms with van der Waals surface area (Å²) in [7, 11) is 3.19. The topological polar surface area (TPSA) is 52.6 Å². The van der Waals surface area contributed by atoms with Crippen LogP contribution in [0.4, 0.5) is 13.2 Å². The molecule has 1 fully saturated rings. The van der Waals surface area contributed by atoms with E-state index in [4.69, 9.17) is 5.11 Å². The largest absolute Gasteiger partial charge is 0.480 e. The van der Waals surface area contributed by atoms with Crippen molar-refractivity contribution in [1.82, 2.24) is 10.2 Å². The zero-order chi connectivity index (χ0) is 14.0. The lowest BCUT2D eigenvalue weighted by Crippen LogP contribution is -2.49. The Kier molecular flexibility index (Phi) is 4.61. The average Bonchev–Trinajstić information content (AvgIpc) is 2.70. The molecule has 0 aromatic rings. The van der Waals surface area contributed by atoms with Crippen LogP contribution in [-0.4, -0.2) is 54.4 Å². The van der Waals surface area contributed by atoms with Gasteiger partial charge in [0.25, 0.3) is 0 Å². The van der Waals surface area contributed by atoms with Gasteiger partial charge in [0, 0.05) is 12.6 Å². The summed E-state index contributed by atoms with van der Waals surface area (Å²) >= 11 is 0. The molecule has 2 N–H and O–H groups in total. The first-order valence-corrected chi connectivity index (χ1v) is 5.89. The fraction of sp³-hybridized carbons (Fsp3) is 0.909. The van der Waals surface area contributed by atoms with E-state index in [-0.39, 0.29) is 12.6 Å². The summed E-state index contributed by atoms with van der Waals surface area (Å²) in [6, 6.07) is -0.115. The number of aliphatic carboxylic acids is 1. The van der Waals surface area contributed by atoms with E-state index in [0.29, 0.717) is 19.3 Å². The van der Waals surface area contributed by atoms with Gasteiger partial charge in [0.1, 0.15) is 5.54 Å². The van der Waals surface area contributed by atoms with E-state index < -0.39 is 24.1 Å². The Labute approximate surface area is 104 Å². The van der Waals surface area contributed by atoms with Gasteiger partial charge in [-0.15, -0.1) is 0 Å². The van der Waals surface area contributed by atoms with Gasteiger partial charge in [-0.3, -0.25) is 4.79 Å². The third kappa shape index (κ3) is 3.58. The molecule has 0 bridgehead atoms. The Morgan fingerprint density at radius 1 is 1.56 bits per heavy atom. The lowest BCUT2D eigenvalue weighted by Gasteiger charge is -2.27. The van der Waals surface area contributed by atoms with E-state index in [1.54, 1.807) is 19.0 Å². The summed E-state index contributed by atoms with van der Waals surface area (Å²) in [4.78, 5) is 12.8. The first-order chi connectivity index (χ1) is 8.20. The number of carboxylic acid groups (broad SMARTS) is 1. The molecule has 0 saturated heterocycles. The van der Waals surface area contributed by atoms with Crippen molar-refractivity contribution in [1.29, 1.82) is 0 Å². The molecule has 0 aliphatic heterocycles. The number of hydrogen-bond donors (Lipinski definition) is 2. The highest BCUT2D eigenvalue weighted by Crippen LogP contribution is 2.33. The van der Waals surface area contributed by atoms with Crippen LogP contribution in [0.3, 0.4) is 0 Å². The number of nitrogens with one attached hydrogen (secondary N) is 1. The normalized spacial score (nSPS) is 28.9. The van der Waals surface area contributed by atoms with Crippen LogP contribution in [0.1, 0.15) is 25.7 Å². The number of likely N-dealkylation sites (N-methyl/N-ethyl adjacent to an activating group) is 1. The van der Waals surface area contributed by atoms with Gasteiger partial charge in [-0.25, -0.2) is 0 Å². The molecule has 0 radical (unpaired) electrons. The Morgan fingerprint density at radius 3 is 2.56 bits per heavy atom. The standard InChI is InChI=1S/C11H19F3N2O2/c1-15-10(9(17)18)4-3-8(7-10)16(2)6-5-11(12,13)14/h8,15H,3-7H2,1-2H3,(H,17,18). The van der Waals surface area contributed by atoms with Gasteiger partial charge in [0.15, 0.2) is 0 Å².